The number of methoxy groups -OCH3 is 1. The first-order valence-corrected chi connectivity index (χ1v) is 8.64. The second-order valence-corrected chi connectivity index (χ2v) is 6.27. The molecule has 6 nitrogen and oxygen atoms in total. The number of rotatable bonds is 4. The highest BCUT2D eigenvalue weighted by Crippen LogP contribution is 2.36. The van der Waals surface area contributed by atoms with Crippen LogP contribution in [0, 0.1) is 0 Å². The Morgan fingerprint density at radius 2 is 1.92 bits per heavy atom. The highest BCUT2D eigenvalue weighted by atomic mass is 16.5. The topological polar surface area (TPSA) is 60.2 Å². The number of hydrogen-bond donors (Lipinski definition) is 0. The number of anilines is 1. The molecule has 26 heavy (non-hydrogen) atoms. The number of aromatic nitrogens is 3. The van der Waals surface area contributed by atoms with E-state index in [1.807, 2.05) is 59.3 Å². The fourth-order valence-corrected chi connectivity index (χ4v) is 3.51. The van der Waals surface area contributed by atoms with E-state index in [4.69, 9.17) is 4.74 Å². The van der Waals surface area contributed by atoms with Gasteiger partial charge in [-0.2, -0.15) is 5.10 Å². The standard InChI is InChI=1S/C20H20N4O2/c1-26-20(25)17-11-12-23(18-10-6-5-9-16(17)18)13-19-21-14-22-24(19)15-7-3-2-4-8-15/h2-10,14,17H,11-13H2,1H3. The smallest absolute Gasteiger partial charge is 0.313 e. The Balaban J connectivity index is 1.64. The number of para-hydroxylation sites is 2. The van der Waals surface area contributed by atoms with Crippen LogP contribution in [0.3, 0.4) is 0 Å². The average molecular weight is 348 g/mol. The van der Waals surface area contributed by atoms with Gasteiger partial charge in [0, 0.05) is 12.2 Å². The van der Waals surface area contributed by atoms with Gasteiger partial charge < -0.3 is 9.64 Å². The van der Waals surface area contributed by atoms with Gasteiger partial charge in [-0.15, -0.1) is 0 Å². The van der Waals surface area contributed by atoms with E-state index in [1.54, 1.807) is 6.33 Å². The fourth-order valence-electron chi connectivity index (χ4n) is 3.51. The Bertz CT molecular complexity index is 907. The van der Waals surface area contributed by atoms with E-state index in [0.717, 1.165) is 35.7 Å². The lowest BCUT2D eigenvalue weighted by Gasteiger charge is -2.34. The van der Waals surface area contributed by atoms with Crippen molar-refractivity contribution in [3.05, 3.63) is 72.3 Å². The molecule has 4 rings (SSSR count). The summed E-state index contributed by atoms with van der Waals surface area (Å²) >= 11 is 0. The molecule has 0 radical (unpaired) electrons. The maximum Gasteiger partial charge on any atom is 0.313 e. The fraction of sp³-hybridized carbons (Fsp3) is 0.250. The average Bonchev–Trinajstić information content (AvgIpc) is 3.16. The molecule has 0 spiro atoms. The van der Waals surface area contributed by atoms with Crippen molar-refractivity contribution in [1.82, 2.24) is 14.8 Å². The molecule has 2 aromatic carbocycles. The van der Waals surface area contributed by atoms with Gasteiger partial charge in [-0.05, 0) is 30.2 Å². The van der Waals surface area contributed by atoms with Crippen molar-refractivity contribution in [3.63, 3.8) is 0 Å². The summed E-state index contributed by atoms with van der Waals surface area (Å²) in [5.74, 6) is 0.478. The van der Waals surface area contributed by atoms with E-state index in [9.17, 15) is 4.79 Å². The van der Waals surface area contributed by atoms with Crippen LogP contribution in [-0.2, 0) is 16.1 Å². The van der Waals surface area contributed by atoms with Crippen LogP contribution in [0.2, 0.25) is 0 Å². The van der Waals surface area contributed by atoms with Gasteiger partial charge in [0.05, 0.1) is 25.3 Å². The Morgan fingerprint density at radius 1 is 1.15 bits per heavy atom. The third kappa shape index (κ3) is 2.94. The van der Waals surface area contributed by atoms with Crippen LogP contribution in [0.15, 0.2) is 60.9 Å². The number of fused-ring (bicyclic) bond motifs is 1. The second-order valence-electron chi connectivity index (χ2n) is 6.27. The summed E-state index contributed by atoms with van der Waals surface area (Å²) in [7, 11) is 1.44. The lowest BCUT2D eigenvalue weighted by Crippen LogP contribution is -2.34. The normalized spacial score (nSPS) is 16.2. The SMILES string of the molecule is COC(=O)C1CCN(Cc2ncnn2-c2ccccc2)c2ccccc21. The van der Waals surface area contributed by atoms with Crippen LogP contribution in [0.1, 0.15) is 23.7 Å². The van der Waals surface area contributed by atoms with Crippen LogP contribution in [0.4, 0.5) is 5.69 Å². The number of carbonyl (C=O) groups is 1. The van der Waals surface area contributed by atoms with Crippen molar-refractivity contribution < 1.29 is 9.53 Å². The molecular weight excluding hydrogens is 328 g/mol. The minimum Gasteiger partial charge on any atom is -0.469 e. The first kappa shape index (κ1) is 16.3. The van der Waals surface area contributed by atoms with Gasteiger partial charge in [0.15, 0.2) is 5.82 Å². The minimum atomic E-state index is -0.209. The monoisotopic (exact) mass is 348 g/mol. The van der Waals surface area contributed by atoms with Crippen molar-refractivity contribution in [3.8, 4) is 5.69 Å². The van der Waals surface area contributed by atoms with Gasteiger partial charge in [0.1, 0.15) is 6.33 Å². The van der Waals surface area contributed by atoms with Crippen molar-refractivity contribution in [1.29, 1.82) is 0 Å². The lowest BCUT2D eigenvalue weighted by atomic mass is 9.90. The van der Waals surface area contributed by atoms with Crippen LogP contribution in [0.25, 0.3) is 5.69 Å². The van der Waals surface area contributed by atoms with Crippen LogP contribution in [0.5, 0.6) is 0 Å². The number of nitrogens with zero attached hydrogens (tertiary/aromatic N) is 4. The Kier molecular flexibility index (Phi) is 4.39. The molecule has 132 valence electrons. The predicted octanol–water partition coefficient (Wildman–Crippen LogP) is 2.93. The molecule has 2 heterocycles. The van der Waals surface area contributed by atoms with E-state index in [-0.39, 0.29) is 11.9 Å². The van der Waals surface area contributed by atoms with Gasteiger partial charge >= 0.3 is 5.97 Å². The number of benzene rings is 2. The number of carbonyl (C=O) groups excluding carboxylic acids is 1. The Morgan fingerprint density at radius 3 is 2.73 bits per heavy atom. The van der Waals surface area contributed by atoms with Crippen LogP contribution >= 0.6 is 0 Å². The summed E-state index contributed by atoms with van der Waals surface area (Å²) in [5.41, 5.74) is 3.05. The molecule has 1 unspecified atom stereocenters. The van der Waals surface area contributed by atoms with Crippen molar-refractivity contribution in [2.45, 2.75) is 18.9 Å². The lowest BCUT2D eigenvalue weighted by molar-refractivity contribution is -0.142. The van der Waals surface area contributed by atoms with Gasteiger partial charge in [-0.25, -0.2) is 9.67 Å². The molecule has 1 atom stereocenters. The van der Waals surface area contributed by atoms with E-state index in [0.29, 0.717) is 6.54 Å². The molecule has 6 heteroatoms. The van der Waals surface area contributed by atoms with Gasteiger partial charge in [-0.3, -0.25) is 4.79 Å². The molecule has 0 amide bonds. The summed E-state index contributed by atoms with van der Waals surface area (Å²) < 4.78 is 6.84. The Labute approximate surface area is 152 Å². The zero-order valence-corrected chi connectivity index (χ0v) is 14.6. The van der Waals surface area contributed by atoms with Crippen LogP contribution < -0.4 is 4.90 Å². The highest BCUT2D eigenvalue weighted by molar-refractivity contribution is 5.81. The first-order chi connectivity index (χ1) is 12.8. The molecule has 3 aromatic rings. The molecule has 1 aromatic heterocycles. The summed E-state index contributed by atoms with van der Waals surface area (Å²) in [6.45, 7) is 1.39. The number of hydrogen-bond acceptors (Lipinski definition) is 5. The number of esters is 1. The maximum absolute atomic E-state index is 12.1. The van der Waals surface area contributed by atoms with Gasteiger partial charge in [-0.1, -0.05) is 36.4 Å². The quantitative estimate of drug-likeness (QED) is 0.679. The third-order valence-electron chi connectivity index (χ3n) is 4.78. The van der Waals surface area contributed by atoms with Crippen molar-refractivity contribution in [2.75, 3.05) is 18.6 Å². The van der Waals surface area contributed by atoms with Gasteiger partial charge in [0.25, 0.3) is 0 Å². The van der Waals surface area contributed by atoms with Crippen LogP contribution in [-0.4, -0.2) is 34.4 Å². The Hall–Kier alpha value is -3.15. The first-order valence-electron chi connectivity index (χ1n) is 8.64. The molecule has 0 fully saturated rings. The second kappa shape index (κ2) is 7.00. The molecule has 1 aliphatic heterocycles. The molecule has 0 bridgehead atoms. The van der Waals surface area contributed by atoms with E-state index in [1.165, 1.54) is 7.11 Å². The summed E-state index contributed by atoms with van der Waals surface area (Å²) in [5, 5.41) is 4.37. The molecule has 0 aliphatic carbocycles. The highest BCUT2D eigenvalue weighted by Gasteiger charge is 2.31. The summed E-state index contributed by atoms with van der Waals surface area (Å²) in [4.78, 5) is 18.8. The largest absolute Gasteiger partial charge is 0.469 e. The summed E-state index contributed by atoms with van der Waals surface area (Å²) in [6.07, 6.45) is 2.30. The number of ether oxygens (including phenoxy) is 1. The zero-order chi connectivity index (χ0) is 17.9. The van der Waals surface area contributed by atoms with Crippen molar-refractivity contribution in [2.24, 2.45) is 0 Å². The molecular formula is C20H20N4O2. The van der Waals surface area contributed by atoms with E-state index < -0.39 is 0 Å². The van der Waals surface area contributed by atoms with E-state index >= 15 is 0 Å². The molecule has 0 saturated carbocycles. The molecule has 0 N–H and O–H groups in total. The van der Waals surface area contributed by atoms with E-state index in [2.05, 4.69) is 15.0 Å². The summed E-state index contributed by atoms with van der Waals surface area (Å²) in [6, 6.07) is 18.0. The molecule has 0 saturated heterocycles. The van der Waals surface area contributed by atoms with Crippen molar-refractivity contribution >= 4 is 11.7 Å². The predicted molar refractivity (Wildman–Crippen MR) is 98.2 cm³/mol. The minimum absolute atomic E-state index is 0.176. The van der Waals surface area contributed by atoms with Gasteiger partial charge in [0.2, 0.25) is 0 Å². The maximum atomic E-state index is 12.1. The molecule has 1 aliphatic rings. The zero-order valence-electron chi connectivity index (χ0n) is 14.6. The third-order valence-corrected chi connectivity index (χ3v) is 4.78.